The van der Waals surface area contributed by atoms with Crippen LogP contribution in [0.4, 0.5) is 10.1 Å². The number of carbonyl (C=O) groups is 2. The van der Waals surface area contributed by atoms with Crippen molar-refractivity contribution in [3.63, 3.8) is 0 Å². The predicted molar refractivity (Wildman–Crippen MR) is 158 cm³/mol. The zero-order valence-corrected chi connectivity index (χ0v) is 25.1. The number of carbonyl (C=O) groups excluding carboxylic acids is 2. The van der Waals surface area contributed by atoms with Gasteiger partial charge in [-0.15, -0.1) is 0 Å². The fourth-order valence-electron chi connectivity index (χ4n) is 4.05. The van der Waals surface area contributed by atoms with Crippen LogP contribution in [0.5, 0.6) is 5.75 Å². The van der Waals surface area contributed by atoms with Crippen molar-refractivity contribution in [2.75, 3.05) is 17.5 Å². The highest BCUT2D eigenvalue weighted by Crippen LogP contribution is 2.33. The van der Waals surface area contributed by atoms with E-state index in [1.807, 2.05) is 13.8 Å². The summed E-state index contributed by atoms with van der Waals surface area (Å²) in [5.41, 5.74) is 0.325. The molecule has 0 aromatic heterocycles. The van der Waals surface area contributed by atoms with Crippen molar-refractivity contribution in [2.24, 2.45) is 0 Å². The van der Waals surface area contributed by atoms with Crippen LogP contribution < -0.4 is 14.4 Å². The van der Waals surface area contributed by atoms with Gasteiger partial charge in [0.2, 0.25) is 11.8 Å². The van der Waals surface area contributed by atoms with Crippen molar-refractivity contribution >= 4 is 39.1 Å². The summed E-state index contributed by atoms with van der Waals surface area (Å²) < 4.78 is 49.3. The number of sulfonamides is 1. The molecule has 220 valence electrons. The molecular weight excluding hydrogens is 569 g/mol. The zero-order chi connectivity index (χ0) is 30.2. The van der Waals surface area contributed by atoms with Crippen molar-refractivity contribution in [3.05, 3.63) is 89.2 Å². The number of hydrogen-bond acceptors (Lipinski definition) is 5. The summed E-state index contributed by atoms with van der Waals surface area (Å²) in [7, 11) is -4.32. The van der Waals surface area contributed by atoms with Crippen LogP contribution in [0.3, 0.4) is 0 Å². The lowest BCUT2D eigenvalue weighted by molar-refractivity contribution is -0.139. The molecule has 3 rings (SSSR count). The number of benzene rings is 3. The van der Waals surface area contributed by atoms with E-state index in [0.717, 1.165) is 4.31 Å². The average Bonchev–Trinajstić information content (AvgIpc) is 2.95. The van der Waals surface area contributed by atoms with Gasteiger partial charge < -0.3 is 15.0 Å². The van der Waals surface area contributed by atoms with Crippen molar-refractivity contribution in [3.8, 4) is 5.75 Å². The normalized spacial score (nSPS) is 12.7. The summed E-state index contributed by atoms with van der Waals surface area (Å²) in [4.78, 5) is 28.2. The maximum Gasteiger partial charge on any atom is 0.264 e. The van der Waals surface area contributed by atoms with Gasteiger partial charge in [-0.25, -0.2) is 12.8 Å². The van der Waals surface area contributed by atoms with Crippen LogP contribution in [0.25, 0.3) is 0 Å². The Morgan fingerprint density at radius 2 is 1.61 bits per heavy atom. The van der Waals surface area contributed by atoms with Gasteiger partial charge in [-0.3, -0.25) is 13.9 Å². The molecule has 0 aliphatic rings. The quantitative estimate of drug-likeness (QED) is 0.282. The summed E-state index contributed by atoms with van der Waals surface area (Å²) in [6, 6.07) is 16.8. The number of nitrogens with one attached hydrogen (secondary N) is 1. The van der Waals surface area contributed by atoms with Gasteiger partial charge in [-0.05, 0) is 69.7 Å². The third kappa shape index (κ3) is 7.98. The second-order valence-corrected chi connectivity index (χ2v) is 11.8. The summed E-state index contributed by atoms with van der Waals surface area (Å²) >= 11 is 5.99. The monoisotopic (exact) mass is 603 g/mol. The molecule has 0 aliphatic heterocycles. The van der Waals surface area contributed by atoms with E-state index < -0.39 is 40.2 Å². The van der Waals surface area contributed by atoms with Gasteiger partial charge in [0, 0.05) is 23.2 Å². The standard InChI is InChI=1S/C30H35ClFN3O5S/c1-5-21(3)33-30(37)22(4)34(19-23-11-7-8-12-26(23)32)29(36)20-35(27-13-9-10-14-28(27)40-6-2)41(38,39)25-17-15-24(31)16-18-25/h7-18,21-22H,5-6,19-20H2,1-4H3,(H,33,37). The number of para-hydroxylation sites is 2. The molecule has 11 heteroatoms. The Hall–Kier alpha value is -3.63. The minimum absolute atomic E-state index is 0.0933. The van der Waals surface area contributed by atoms with Gasteiger partial charge in [0.25, 0.3) is 10.0 Å². The van der Waals surface area contributed by atoms with Crippen molar-refractivity contribution in [2.45, 2.75) is 57.6 Å². The lowest BCUT2D eigenvalue weighted by atomic mass is 10.1. The lowest BCUT2D eigenvalue weighted by Gasteiger charge is -2.33. The second-order valence-electron chi connectivity index (χ2n) is 9.47. The Morgan fingerprint density at radius 3 is 2.24 bits per heavy atom. The molecule has 0 saturated heterocycles. The third-order valence-corrected chi connectivity index (χ3v) is 8.61. The van der Waals surface area contributed by atoms with Crippen molar-refractivity contribution < 1.29 is 27.1 Å². The minimum Gasteiger partial charge on any atom is -0.492 e. The molecule has 0 bridgehead atoms. The molecule has 3 aromatic rings. The maximum absolute atomic E-state index is 14.7. The molecule has 2 atom stereocenters. The molecular formula is C30H35ClFN3O5S. The fraction of sp³-hybridized carbons (Fsp3) is 0.333. The Labute approximate surface area is 246 Å². The highest BCUT2D eigenvalue weighted by molar-refractivity contribution is 7.92. The molecule has 8 nitrogen and oxygen atoms in total. The number of hydrogen-bond donors (Lipinski definition) is 1. The first kappa shape index (κ1) is 31.9. The molecule has 0 fully saturated rings. The van der Waals surface area contributed by atoms with Gasteiger partial charge >= 0.3 is 0 Å². The molecule has 3 aromatic carbocycles. The smallest absolute Gasteiger partial charge is 0.264 e. The summed E-state index contributed by atoms with van der Waals surface area (Å²) in [5, 5.41) is 3.19. The number of ether oxygens (including phenoxy) is 1. The van der Waals surface area contributed by atoms with Crippen LogP contribution in [-0.2, 0) is 26.2 Å². The first-order valence-corrected chi connectivity index (χ1v) is 15.1. The van der Waals surface area contributed by atoms with Crippen LogP contribution in [0.15, 0.2) is 77.7 Å². The number of nitrogens with zero attached hydrogens (tertiary/aromatic N) is 2. The number of amides is 2. The van der Waals surface area contributed by atoms with Crippen LogP contribution in [0.2, 0.25) is 5.02 Å². The number of anilines is 1. The highest BCUT2D eigenvalue weighted by Gasteiger charge is 2.34. The maximum atomic E-state index is 14.7. The summed E-state index contributed by atoms with van der Waals surface area (Å²) in [6.07, 6.45) is 0.668. The SMILES string of the molecule is CCOc1ccccc1N(CC(=O)N(Cc1ccccc1F)C(C)C(=O)NC(C)CC)S(=O)(=O)c1ccc(Cl)cc1. The molecule has 2 amide bonds. The van der Waals surface area contributed by atoms with E-state index in [0.29, 0.717) is 11.4 Å². The molecule has 41 heavy (non-hydrogen) atoms. The zero-order valence-electron chi connectivity index (χ0n) is 23.5. The van der Waals surface area contributed by atoms with E-state index in [1.54, 1.807) is 31.2 Å². The van der Waals surface area contributed by atoms with E-state index in [-0.39, 0.29) is 41.1 Å². The highest BCUT2D eigenvalue weighted by atomic mass is 35.5. The molecule has 0 aliphatic carbocycles. The van der Waals surface area contributed by atoms with Crippen molar-refractivity contribution in [1.82, 2.24) is 10.2 Å². The van der Waals surface area contributed by atoms with Gasteiger partial charge in [0.1, 0.15) is 24.2 Å². The summed E-state index contributed by atoms with van der Waals surface area (Å²) in [6.45, 7) is 6.36. The Bertz CT molecular complexity index is 1450. The van der Waals surface area contributed by atoms with Gasteiger partial charge in [0.05, 0.1) is 17.2 Å². The largest absolute Gasteiger partial charge is 0.492 e. The van der Waals surface area contributed by atoms with E-state index >= 15 is 0 Å². The number of rotatable bonds is 13. The topological polar surface area (TPSA) is 96.0 Å². The molecule has 0 radical (unpaired) electrons. The predicted octanol–water partition coefficient (Wildman–Crippen LogP) is 5.41. The Morgan fingerprint density at radius 1 is 0.976 bits per heavy atom. The van der Waals surface area contributed by atoms with E-state index in [1.165, 1.54) is 60.4 Å². The fourth-order valence-corrected chi connectivity index (χ4v) is 5.60. The van der Waals surface area contributed by atoms with Crippen LogP contribution in [-0.4, -0.2) is 50.4 Å². The van der Waals surface area contributed by atoms with Gasteiger partial charge in [-0.2, -0.15) is 0 Å². The Kier molecular flexibility index (Phi) is 11.1. The van der Waals surface area contributed by atoms with E-state index in [4.69, 9.17) is 16.3 Å². The van der Waals surface area contributed by atoms with Gasteiger partial charge in [0.15, 0.2) is 0 Å². The Balaban J connectivity index is 2.09. The molecule has 2 unspecified atom stereocenters. The third-order valence-electron chi connectivity index (χ3n) is 6.58. The van der Waals surface area contributed by atoms with Crippen LogP contribution in [0.1, 0.15) is 39.7 Å². The summed E-state index contributed by atoms with van der Waals surface area (Å²) in [5.74, 6) is -1.44. The second kappa shape index (κ2) is 14.3. The average molecular weight is 604 g/mol. The van der Waals surface area contributed by atoms with E-state index in [9.17, 15) is 22.4 Å². The molecule has 1 N–H and O–H groups in total. The van der Waals surface area contributed by atoms with Crippen LogP contribution in [0, 0.1) is 5.82 Å². The molecule has 0 heterocycles. The lowest BCUT2D eigenvalue weighted by Crippen LogP contribution is -2.52. The van der Waals surface area contributed by atoms with Crippen molar-refractivity contribution in [1.29, 1.82) is 0 Å². The molecule has 0 saturated carbocycles. The van der Waals surface area contributed by atoms with Gasteiger partial charge in [-0.1, -0.05) is 48.9 Å². The first-order valence-electron chi connectivity index (χ1n) is 13.3. The van der Waals surface area contributed by atoms with E-state index in [2.05, 4.69) is 5.32 Å². The first-order chi connectivity index (χ1) is 19.5. The minimum atomic E-state index is -4.32. The molecule has 0 spiro atoms. The number of halogens is 2. The van der Waals surface area contributed by atoms with Crippen LogP contribution >= 0.6 is 11.6 Å².